The van der Waals surface area contributed by atoms with Gasteiger partial charge in [-0.25, -0.2) is 0 Å². The monoisotopic (exact) mass is 1050 g/mol. The lowest BCUT2D eigenvalue weighted by atomic mass is 10.0. The molecule has 0 N–H and O–H groups in total. The lowest BCUT2D eigenvalue weighted by molar-refractivity contribution is -0.166. The minimum Gasteiger partial charge on any atom is -0.462 e. The van der Waals surface area contributed by atoms with Crippen molar-refractivity contribution in [3.8, 4) is 0 Å². The molecule has 0 aliphatic carbocycles. The number of hydrogen-bond acceptors (Lipinski definition) is 6. The molecular formula is C69H124O6. The van der Waals surface area contributed by atoms with Crippen molar-refractivity contribution in [3.63, 3.8) is 0 Å². The summed E-state index contributed by atoms with van der Waals surface area (Å²) < 4.78 is 16.7. The van der Waals surface area contributed by atoms with Crippen LogP contribution in [0.4, 0.5) is 0 Å². The third-order valence-electron chi connectivity index (χ3n) is 14.6. The molecule has 0 bridgehead atoms. The Morgan fingerprint density at radius 1 is 0.280 bits per heavy atom. The van der Waals surface area contributed by atoms with Gasteiger partial charge in [-0.3, -0.25) is 14.4 Å². The third-order valence-corrected chi connectivity index (χ3v) is 14.6. The van der Waals surface area contributed by atoms with Gasteiger partial charge in [0.15, 0.2) is 6.10 Å². The van der Waals surface area contributed by atoms with Gasteiger partial charge in [0.05, 0.1) is 6.42 Å². The SMILES string of the molecule is CC/C=C\C/C=C\C/C=C\C/C=C\C/C=C\CC(=O)OC(COC(=O)CCCCCCCCCCC)COC(=O)CCCCCCCCCCCCCCCCCCCCCCCCCCCCCCCCCCC. The number of allylic oxidation sites excluding steroid dienone is 9. The number of carbonyl (C=O) groups is 3. The maximum absolute atomic E-state index is 12.8. The van der Waals surface area contributed by atoms with Crippen molar-refractivity contribution in [2.75, 3.05) is 13.2 Å². The Balaban J connectivity index is 4.05. The molecule has 0 aromatic carbocycles. The van der Waals surface area contributed by atoms with Crippen molar-refractivity contribution >= 4 is 17.9 Å². The zero-order valence-electron chi connectivity index (χ0n) is 50.1. The first-order chi connectivity index (χ1) is 37.0. The van der Waals surface area contributed by atoms with Crippen LogP contribution in [0.3, 0.4) is 0 Å². The molecule has 0 fully saturated rings. The van der Waals surface area contributed by atoms with Gasteiger partial charge in [0.25, 0.3) is 0 Å². The van der Waals surface area contributed by atoms with Crippen molar-refractivity contribution in [2.45, 2.75) is 348 Å². The first-order valence-corrected chi connectivity index (χ1v) is 32.8. The first-order valence-electron chi connectivity index (χ1n) is 32.8. The van der Waals surface area contributed by atoms with Crippen LogP contribution in [-0.4, -0.2) is 37.2 Å². The largest absolute Gasteiger partial charge is 0.462 e. The Bertz CT molecular complexity index is 1340. The molecule has 0 aliphatic heterocycles. The number of esters is 3. The second kappa shape index (κ2) is 63.6. The topological polar surface area (TPSA) is 78.9 Å². The van der Waals surface area contributed by atoms with E-state index in [-0.39, 0.29) is 31.6 Å². The molecule has 0 aromatic heterocycles. The van der Waals surface area contributed by atoms with Crippen LogP contribution in [-0.2, 0) is 28.6 Å². The predicted octanol–water partition coefficient (Wildman–Crippen LogP) is 22.3. The number of ether oxygens (including phenoxy) is 3. The Morgan fingerprint density at radius 2 is 0.507 bits per heavy atom. The first kappa shape index (κ1) is 72.1. The molecule has 0 saturated carbocycles. The van der Waals surface area contributed by atoms with E-state index in [1.54, 1.807) is 6.08 Å². The van der Waals surface area contributed by atoms with Gasteiger partial charge in [-0.05, 0) is 44.9 Å². The third kappa shape index (κ3) is 61.8. The Kier molecular flexibility index (Phi) is 61.2. The average Bonchev–Trinajstić information content (AvgIpc) is 3.41. The quantitative estimate of drug-likeness (QED) is 0.0261. The van der Waals surface area contributed by atoms with Gasteiger partial charge >= 0.3 is 17.9 Å². The molecule has 0 radical (unpaired) electrons. The van der Waals surface area contributed by atoms with Crippen LogP contribution in [0.25, 0.3) is 0 Å². The molecule has 1 atom stereocenters. The highest BCUT2D eigenvalue weighted by Gasteiger charge is 2.19. The number of unbranched alkanes of at least 4 members (excludes halogenated alkanes) is 40. The molecule has 75 heavy (non-hydrogen) atoms. The van der Waals surface area contributed by atoms with E-state index < -0.39 is 12.1 Å². The van der Waals surface area contributed by atoms with Crippen molar-refractivity contribution < 1.29 is 28.6 Å². The fraction of sp³-hybridized carbons (Fsp3) is 0.812. The summed E-state index contributed by atoms with van der Waals surface area (Å²) in [5.41, 5.74) is 0. The lowest BCUT2D eigenvalue weighted by Gasteiger charge is -2.18. The van der Waals surface area contributed by atoms with Gasteiger partial charge in [-0.2, -0.15) is 0 Å². The van der Waals surface area contributed by atoms with Crippen molar-refractivity contribution in [3.05, 3.63) is 60.8 Å². The van der Waals surface area contributed by atoms with Crippen molar-refractivity contribution in [2.24, 2.45) is 0 Å². The molecule has 436 valence electrons. The number of rotatable bonds is 60. The number of carbonyl (C=O) groups excluding carboxylic acids is 3. The second-order valence-corrected chi connectivity index (χ2v) is 22.0. The van der Waals surface area contributed by atoms with Gasteiger partial charge in [0.2, 0.25) is 0 Å². The minimum atomic E-state index is -0.825. The zero-order chi connectivity index (χ0) is 54.3. The maximum Gasteiger partial charge on any atom is 0.310 e. The molecule has 6 heteroatoms. The summed E-state index contributed by atoms with van der Waals surface area (Å²) in [6.07, 6.45) is 81.7. The summed E-state index contributed by atoms with van der Waals surface area (Å²) in [5.74, 6) is -1.03. The zero-order valence-corrected chi connectivity index (χ0v) is 50.1. The van der Waals surface area contributed by atoms with Gasteiger partial charge in [0, 0.05) is 12.8 Å². The molecule has 0 heterocycles. The molecule has 0 rings (SSSR count). The van der Waals surface area contributed by atoms with Crippen LogP contribution in [0.1, 0.15) is 342 Å². The standard InChI is InChI=1S/C69H124O6/c1-4-7-10-13-16-19-21-23-25-26-27-28-29-30-31-32-33-34-35-36-37-38-39-40-41-42-44-45-47-50-53-56-59-62-68(71)74-65-66(64-73-67(70)61-58-55-52-49-18-15-12-9-6-3)75-69(72)63-60-57-54-51-48-46-43-24-22-20-17-14-11-8-5-2/h8,11,17,20,24,43,48,51,57,60,66H,4-7,9-10,12-16,18-19,21-23,25-42,44-47,49-50,52-56,58-59,61-65H2,1-3H3/b11-8-,20-17-,43-24-,51-48-,60-57-. The molecule has 0 saturated heterocycles. The highest BCUT2D eigenvalue weighted by atomic mass is 16.6. The molecule has 1 unspecified atom stereocenters. The van der Waals surface area contributed by atoms with Crippen LogP contribution in [0, 0.1) is 0 Å². The van der Waals surface area contributed by atoms with Gasteiger partial charge in [0.1, 0.15) is 13.2 Å². The van der Waals surface area contributed by atoms with E-state index in [2.05, 4.69) is 69.4 Å². The van der Waals surface area contributed by atoms with Crippen LogP contribution in [0.2, 0.25) is 0 Å². The van der Waals surface area contributed by atoms with E-state index in [1.165, 1.54) is 231 Å². The smallest absolute Gasteiger partial charge is 0.310 e. The van der Waals surface area contributed by atoms with E-state index >= 15 is 0 Å². The van der Waals surface area contributed by atoms with E-state index in [0.717, 1.165) is 70.6 Å². The van der Waals surface area contributed by atoms with Crippen molar-refractivity contribution in [1.29, 1.82) is 0 Å². The van der Waals surface area contributed by atoms with E-state index in [0.29, 0.717) is 12.8 Å². The average molecular weight is 1050 g/mol. The van der Waals surface area contributed by atoms with Crippen LogP contribution < -0.4 is 0 Å². The molecule has 6 nitrogen and oxygen atoms in total. The van der Waals surface area contributed by atoms with Gasteiger partial charge < -0.3 is 14.2 Å². The van der Waals surface area contributed by atoms with Gasteiger partial charge in [-0.15, -0.1) is 0 Å². The highest BCUT2D eigenvalue weighted by Crippen LogP contribution is 2.18. The molecular weight excluding hydrogens is 925 g/mol. The molecule has 0 aliphatic rings. The lowest BCUT2D eigenvalue weighted by Crippen LogP contribution is -2.30. The summed E-state index contributed by atoms with van der Waals surface area (Å²) in [4.78, 5) is 38.0. The molecule has 0 spiro atoms. The highest BCUT2D eigenvalue weighted by molar-refractivity contribution is 5.72. The summed E-state index contributed by atoms with van der Waals surface area (Å²) in [6.45, 7) is 6.46. The summed E-state index contributed by atoms with van der Waals surface area (Å²) in [6, 6.07) is 0. The Morgan fingerprint density at radius 3 is 0.760 bits per heavy atom. The summed E-state index contributed by atoms with van der Waals surface area (Å²) in [7, 11) is 0. The van der Waals surface area contributed by atoms with Gasteiger partial charge in [-0.1, -0.05) is 338 Å². The Labute approximate surface area is 466 Å². The maximum atomic E-state index is 12.8. The molecule has 0 amide bonds. The molecule has 0 aromatic rings. The van der Waals surface area contributed by atoms with Crippen molar-refractivity contribution in [1.82, 2.24) is 0 Å². The van der Waals surface area contributed by atoms with Crippen LogP contribution in [0.5, 0.6) is 0 Å². The summed E-state index contributed by atoms with van der Waals surface area (Å²) >= 11 is 0. The van der Waals surface area contributed by atoms with E-state index in [4.69, 9.17) is 14.2 Å². The van der Waals surface area contributed by atoms with Crippen LogP contribution in [0.15, 0.2) is 60.8 Å². The van der Waals surface area contributed by atoms with Crippen LogP contribution >= 0.6 is 0 Å². The minimum absolute atomic E-state index is 0.101. The number of hydrogen-bond donors (Lipinski definition) is 0. The Hall–Kier alpha value is -2.89. The summed E-state index contributed by atoms with van der Waals surface area (Å²) in [5, 5.41) is 0. The predicted molar refractivity (Wildman–Crippen MR) is 325 cm³/mol. The normalized spacial score (nSPS) is 12.4. The fourth-order valence-electron chi connectivity index (χ4n) is 9.70. The van der Waals surface area contributed by atoms with E-state index in [9.17, 15) is 14.4 Å². The fourth-order valence-corrected chi connectivity index (χ4v) is 9.70. The van der Waals surface area contributed by atoms with E-state index in [1.807, 2.05) is 6.08 Å². The second-order valence-electron chi connectivity index (χ2n) is 22.0.